The number of hydrogen-bond donors (Lipinski definition) is 1. The third kappa shape index (κ3) is 3.14. The third-order valence-corrected chi connectivity index (χ3v) is 5.91. The number of carbonyl (C=O) groups excluding carboxylic acids is 1. The fourth-order valence-corrected chi connectivity index (χ4v) is 4.39. The van der Waals surface area contributed by atoms with Crippen LogP contribution in [0, 0.1) is 5.82 Å². The van der Waals surface area contributed by atoms with E-state index in [9.17, 15) is 9.18 Å². The topological polar surface area (TPSA) is 46.5 Å². The highest BCUT2D eigenvalue weighted by molar-refractivity contribution is 5.78. The molecule has 1 saturated heterocycles. The first-order chi connectivity index (χ1) is 14.1. The van der Waals surface area contributed by atoms with Gasteiger partial charge in [0.05, 0.1) is 16.9 Å². The molecule has 0 unspecified atom stereocenters. The van der Waals surface area contributed by atoms with Crippen molar-refractivity contribution in [3.63, 3.8) is 0 Å². The number of halogens is 1. The number of hydrogen-bond acceptors (Lipinski definition) is 3. The molecule has 1 aromatic heterocycles. The molecule has 1 spiro atoms. The van der Waals surface area contributed by atoms with E-state index in [1.165, 1.54) is 6.07 Å². The van der Waals surface area contributed by atoms with Crippen molar-refractivity contribution < 1.29 is 13.9 Å². The molecule has 0 saturated carbocycles. The van der Waals surface area contributed by atoms with E-state index in [-0.39, 0.29) is 23.9 Å². The molecule has 0 aliphatic carbocycles. The Morgan fingerprint density at radius 1 is 1.07 bits per heavy atom. The summed E-state index contributed by atoms with van der Waals surface area (Å²) in [4.78, 5) is 14.5. The summed E-state index contributed by atoms with van der Waals surface area (Å²) < 4.78 is 21.6. The van der Waals surface area contributed by atoms with Gasteiger partial charge in [0.25, 0.3) is 5.91 Å². The number of nitrogens with zero attached hydrogens (tertiary/aromatic N) is 2. The normalized spacial score (nSPS) is 16.7. The highest BCUT2D eigenvalue weighted by atomic mass is 19.1. The van der Waals surface area contributed by atoms with Gasteiger partial charge >= 0.3 is 0 Å². The molecule has 6 heteroatoms. The van der Waals surface area contributed by atoms with Crippen LogP contribution in [0.15, 0.2) is 66.9 Å². The molecule has 3 aromatic rings. The highest BCUT2D eigenvalue weighted by Gasteiger charge is 2.42. The number of para-hydroxylation sites is 1. The predicted molar refractivity (Wildman–Crippen MR) is 109 cm³/mol. The summed E-state index contributed by atoms with van der Waals surface area (Å²) in [6, 6.07) is 18.3. The number of ether oxygens (including phenoxy) is 1. The smallest absolute Gasteiger partial charge is 0.260 e. The fourth-order valence-electron chi connectivity index (χ4n) is 4.39. The van der Waals surface area contributed by atoms with E-state index in [4.69, 9.17) is 4.74 Å². The molecule has 1 fully saturated rings. The van der Waals surface area contributed by atoms with Gasteiger partial charge in [0.1, 0.15) is 11.6 Å². The molecule has 3 heterocycles. The molecule has 0 bridgehead atoms. The largest absolute Gasteiger partial charge is 0.484 e. The SMILES string of the molecule is O=C(COc1ccccc1)N1CCC2(CC1)Nc1cc(F)ccc1-n1cccc12. The summed E-state index contributed by atoms with van der Waals surface area (Å²) in [6.45, 7) is 1.29. The molecule has 148 valence electrons. The molecular formula is C23H22FN3O2. The van der Waals surface area contributed by atoms with Gasteiger partial charge in [-0.1, -0.05) is 18.2 Å². The number of piperidine rings is 1. The van der Waals surface area contributed by atoms with Crippen molar-refractivity contribution >= 4 is 11.6 Å². The predicted octanol–water partition coefficient (Wildman–Crippen LogP) is 3.94. The maximum absolute atomic E-state index is 13.8. The van der Waals surface area contributed by atoms with Crippen LogP contribution in [0.1, 0.15) is 18.5 Å². The van der Waals surface area contributed by atoms with Gasteiger partial charge in [-0.25, -0.2) is 4.39 Å². The maximum atomic E-state index is 13.8. The zero-order chi connectivity index (χ0) is 19.8. The molecular weight excluding hydrogens is 369 g/mol. The number of likely N-dealkylation sites (tertiary alicyclic amines) is 1. The van der Waals surface area contributed by atoms with Crippen molar-refractivity contribution in [1.82, 2.24) is 9.47 Å². The summed E-state index contributed by atoms with van der Waals surface area (Å²) in [5, 5.41) is 3.58. The molecule has 5 nitrogen and oxygen atoms in total. The number of amides is 1. The minimum absolute atomic E-state index is 0.0126. The number of nitrogens with one attached hydrogen (secondary N) is 1. The number of fused-ring (bicyclic) bond motifs is 4. The van der Waals surface area contributed by atoms with Crippen molar-refractivity contribution in [3.05, 3.63) is 78.4 Å². The van der Waals surface area contributed by atoms with Gasteiger partial charge in [0.15, 0.2) is 6.61 Å². The summed E-state index contributed by atoms with van der Waals surface area (Å²) in [5.74, 6) is 0.425. The Kier molecular flexibility index (Phi) is 4.27. The Bertz CT molecular complexity index is 1040. The van der Waals surface area contributed by atoms with Crippen LogP contribution in [0.5, 0.6) is 5.75 Å². The Morgan fingerprint density at radius 2 is 1.86 bits per heavy atom. The summed E-state index contributed by atoms with van der Waals surface area (Å²) in [5.41, 5.74) is 2.60. The summed E-state index contributed by atoms with van der Waals surface area (Å²) in [7, 11) is 0. The number of aromatic nitrogens is 1. The second-order valence-electron chi connectivity index (χ2n) is 7.61. The Balaban J connectivity index is 1.30. The average molecular weight is 391 g/mol. The van der Waals surface area contributed by atoms with Gasteiger partial charge < -0.3 is 19.5 Å². The van der Waals surface area contributed by atoms with E-state index < -0.39 is 0 Å². The molecule has 0 atom stereocenters. The lowest BCUT2D eigenvalue weighted by Crippen LogP contribution is -2.51. The van der Waals surface area contributed by atoms with Crippen molar-refractivity contribution in [2.24, 2.45) is 0 Å². The van der Waals surface area contributed by atoms with Gasteiger partial charge in [-0.2, -0.15) is 0 Å². The lowest BCUT2D eigenvalue weighted by atomic mass is 9.82. The minimum atomic E-state index is -0.304. The maximum Gasteiger partial charge on any atom is 0.260 e. The van der Waals surface area contributed by atoms with Gasteiger partial charge in [0, 0.05) is 25.0 Å². The molecule has 2 aliphatic rings. The monoisotopic (exact) mass is 391 g/mol. The zero-order valence-electron chi connectivity index (χ0n) is 16.0. The number of carbonyl (C=O) groups is 1. The standard InChI is InChI=1S/C23H22FN3O2/c24-17-8-9-20-19(15-17)25-23(21-7-4-12-27(20)21)10-13-26(14-11-23)22(28)16-29-18-5-2-1-3-6-18/h1-9,12,15,25H,10-11,13-14,16H2. The van der Waals surface area contributed by atoms with Gasteiger partial charge in [0.2, 0.25) is 0 Å². The van der Waals surface area contributed by atoms with E-state index in [0.29, 0.717) is 18.8 Å². The van der Waals surface area contributed by atoms with Gasteiger partial charge in [-0.3, -0.25) is 4.79 Å². The van der Waals surface area contributed by atoms with Crippen LogP contribution >= 0.6 is 0 Å². The Hall–Kier alpha value is -3.28. The first-order valence-corrected chi connectivity index (χ1v) is 9.86. The van der Waals surface area contributed by atoms with Crippen LogP contribution < -0.4 is 10.1 Å². The lowest BCUT2D eigenvalue weighted by molar-refractivity contribution is -0.134. The van der Waals surface area contributed by atoms with Crippen LogP contribution in [0.4, 0.5) is 10.1 Å². The van der Waals surface area contributed by atoms with Crippen LogP contribution in [0.25, 0.3) is 5.69 Å². The van der Waals surface area contributed by atoms with Crippen LogP contribution in [-0.4, -0.2) is 35.1 Å². The number of rotatable bonds is 3. The molecule has 2 aliphatic heterocycles. The fraction of sp³-hybridized carbons (Fsp3) is 0.261. The van der Waals surface area contributed by atoms with E-state index in [1.807, 2.05) is 47.5 Å². The first-order valence-electron chi connectivity index (χ1n) is 9.86. The summed E-state index contributed by atoms with van der Waals surface area (Å²) in [6.07, 6.45) is 3.52. The Labute approximate surface area is 168 Å². The summed E-state index contributed by atoms with van der Waals surface area (Å²) >= 11 is 0. The van der Waals surface area contributed by atoms with Crippen molar-refractivity contribution in [3.8, 4) is 11.4 Å². The second kappa shape index (κ2) is 6.95. The van der Waals surface area contributed by atoms with Crippen LogP contribution in [0.2, 0.25) is 0 Å². The molecule has 2 aromatic carbocycles. The quantitative estimate of drug-likeness (QED) is 0.736. The zero-order valence-corrected chi connectivity index (χ0v) is 16.0. The number of anilines is 1. The minimum Gasteiger partial charge on any atom is -0.484 e. The molecule has 1 N–H and O–H groups in total. The van der Waals surface area contributed by atoms with Crippen molar-refractivity contribution in [2.45, 2.75) is 18.4 Å². The average Bonchev–Trinajstić information content (AvgIpc) is 3.24. The highest BCUT2D eigenvalue weighted by Crippen LogP contribution is 2.43. The van der Waals surface area contributed by atoms with E-state index in [2.05, 4.69) is 16.0 Å². The van der Waals surface area contributed by atoms with E-state index in [0.717, 1.165) is 29.9 Å². The Morgan fingerprint density at radius 3 is 2.66 bits per heavy atom. The molecule has 0 radical (unpaired) electrons. The van der Waals surface area contributed by atoms with E-state index in [1.54, 1.807) is 12.1 Å². The van der Waals surface area contributed by atoms with Crippen molar-refractivity contribution in [1.29, 1.82) is 0 Å². The lowest BCUT2D eigenvalue weighted by Gasteiger charge is -2.46. The van der Waals surface area contributed by atoms with Crippen LogP contribution in [-0.2, 0) is 10.3 Å². The molecule has 29 heavy (non-hydrogen) atoms. The van der Waals surface area contributed by atoms with Crippen molar-refractivity contribution in [2.75, 3.05) is 25.0 Å². The van der Waals surface area contributed by atoms with Crippen LogP contribution in [0.3, 0.4) is 0 Å². The molecule has 1 amide bonds. The molecule has 5 rings (SSSR count). The van der Waals surface area contributed by atoms with Gasteiger partial charge in [-0.15, -0.1) is 0 Å². The van der Waals surface area contributed by atoms with E-state index >= 15 is 0 Å². The number of benzene rings is 2. The first kappa shape index (κ1) is 17.8. The third-order valence-electron chi connectivity index (χ3n) is 5.91. The van der Waals surface area contributed by atoms with Gasteiger partial charge in [-0.05, 0) is 55.3 Å². The second-order valence-corrected chi connectivity index (χ2v) is 7.61.